The van der Waals surface area contributed by atoms with Gasteiger partial charge < -0.3 is 5.32 Å². The fourth-order valence-electron chi connectivity index (χ4n) is 3.26. The van der Waals surface area contributed by atoms with Crippen molar-refractivity contribution in [2.24, 2.45) is 5.10 Å². The van der Waals surface area contributed by atoms with Gasteiger partial charge in [-0.15, -0.1) is 0 Å². The summed E-state index contributed by atoms with van der Waals surface area (Å²) < 4.78 is 2.55. The van der Waals surface area contributed by atoms with Gasteiger partial charge in [-0.2, -0.15) is 5.10 Å². The summed E-state index contributed by atoms with van der Waals surface area (Å²) in [6.07, 6.45) is 1.62. The van der Waals surface area contributed by atoms with E-state index < -0.39 is 17.2 Å². The van der Waals surface area contributed by atoms with Crippen LogP contribution in [0, 0.1) is 0 Å². The number of benzene rings is 1. The molecule has 2 heterocycles. The minimum Gasteiger partial charge on any atom is -0.307 e. The highest BCUT2D eigenvalue weighted by atomic mass is 16.2. The Labute approximate surface area is 173 Å². The molecular weight excluding hydrogens is 386 g/mol. The average molecular weight is 411 g/mol. The lowest BCUT2D eigenvalue weighted by molar-refractivity contribution is -0.118. The van der Waals surface area contributed by atoms with Crippen LogP contribution in [0.3, 0.4) is 0 Å². The van der Waals surface area contributed by atoms with Gasteiger partial charge in [-0.25, -0.2) is 9.80 Å². The molecule has 0 radical (unpaired) electrons. The number of hydrazone groups is 1. The normalized spacial score (nSPS) is 13.9. The van der Waals surface area contributed by atoms with Crippen molar-refractivity contribution in [2.75, 3.05) is 10.3 Å². The highest BCUT2D eigenvalue weighted by Gasteiger charge is 2.26. The van der Waals surface area contributed by atoms with Gasteiger partial charge in [-0.05, 0) is 25.0 Å². The summed E-state index contributed by atoms with van der Waals surface area (Å²) in [4.78, 5) is 50.2. The molecule has 0 atom stereocenters. The Morgan fingerprint density at radius 3 is 2.33 bits per heavy atom. The lowest BCUT2D eigenvalue weighted by Gasteiger charge is -2.23. The minimum absolute atomic E-state index is 0.134. The Morgan fingerprint density at radius 1 is 1.00 bits per heavy atom. The Hall–Kier alpha value is -3.49. The summed E-state index contributed by atoms with van der Waals surface area (Å²) >= 11 is 0. The summed E-state index contributed by atoms with van der Waals surface area (Å²) in [7, 11) is 0. The van der Waals surface area contributed by atoms with E-state index in [1.807, 2.05) is 19.9 Å². The SMILES string of the molecule is CCCn1c(NC(=O)C2=NN(c3ccccc3)C(=O)CC2)cc(=O)n(CCC)c1=O. The van der Waals surface area contributed by atoms with Crippen molar-refractivity contribution in [1.82, 2.24) is 9.13 Å². The monoisotopic (exact) mass is 411 g/mol. The maximum absolute atomic E-state index is 12.8. The second-order valence-electron chi connectivity index (χ2n) is 7.00. The average Bonchev–Trinajstić information content (AvgIpc) is 2.74. The third-order valence-corrected chi connectivity index (χ3v) is 4.71. The molecule has 1 aromatic heterocycles. The number of hydrogen-bond acceptors (Lipinski definition) is 5. The molecule has 0 saturated carbocycles. The van der Waals surface area contributed by atoms with Crippen molar-refractivity contribution in [2.45, 2.75) is 52.6 Å². The van der Waals surface area contributed by atoms with Crippen molar-refractivity contribution in [3.63, 3.8) is 0 Å². The van der Waals surface area contributed by atoms with Crippen LogP contribution in [0.25, 0.3) is 0 Å². The van der Waals surface area contributed by atoms with Crippen molar-refractivity contribution < 1.29 is 9.59 Å². The highest BCUT2D eigenvalue weighted by molar-refractivity contribution is 6.44. The molecular formula is C21H25N5O4. The van der Waals surface area contributed by atoms with Crippen LogP contribution in [0.1, 0.15) is 39.5 Å². The molecule has 1 aliphatic rings. The van der Waals surface area contributed by atoms with Gasteiger partial charge >= 0.3 is 5.69 Å². The predicted octanol–water partition coefficient (Wildman–Crippen LogP) is 1.95. The van der Waals surface area contributed by atoms with Crippen molar-refractivity contribution in [3.8, 4) is 0 Å². The van der Waals surface area contributed by atoms with Crippen LogP contribution in [-0.4, -0.2) is 26.7 Å². The second kappa shape index (κ2) is 9.34. The van der Waals surface area contributed by atoms with Gasteiger partial charge in [0.2, 0.25) is 5.91 Å². The van der Waals surface area contributed by atoms with E-state index in [9.17, 15) is 19.2 Å². The summed E-state index contributed by atoms with van der Waals surface area (Å²) in [6.45, 7) is 4.46. The highest BCUT2D eigenvalue weighted by Crippen LogP contribution is 2.20. The zero-order valence-electron chi connectivity index (χ0n) is 17.1. The number of anilines is 2. The maximum Gasteiger partial charge on any atom is 0.332 e. The molecule has 30 heavy (non-hydrogen) atoms. The van der Waals surface area contributed by atoms with E-state index in [1.165, 1.54) is 20.2 Å². The number of nitrogens with zero attached hydrogens (tertiary/aromatic N) is 4. The Morgan fingerprint density at radius 2 is 1.67 bits per heavy atom. The van der Waals surface area contributed by atoms with E-state index in [4.69, 9.17) is 0 Å². The quantitative estimate of drug-likeness (QED) is 0.752. The van der Waals surface area contributed by atoms with E-state index >= 15 is 0 Å². The van der Waals surface area contributed by atoms with Crippen LogP contribution < -0.4 is 21.6 Å². The summed E-state index contributed by atoms with van der Waals surface area (Å²) in [5, 5.41) is 8.06. The van der Waals surface area contributed by atoms with Crippen LogP contribution in [0.5, 0.6) is 0 Å². The molecule has 158 valence electrons. The molecule has 1 aromatic carbocycles. The van der Waals surface area contributed by atoms with E-state index in [-0.39, 0.29) is 30.3 Å². The molecule has 9 nitrogen and oxygen atoms in total. The van der Waals surface area contributed by atoms with Crippen LogP contribution in [0.15, 0.2) is 51.1 Å². The molecule has 0 saturated heterocycles. The third kappa shape index (κ3) is 4.40. The Balaban J connectivity index is 1.92. The number of hydrogen-bond donors (Lipinski definition) is 1. The minimum atomic E-state index is -0.541. The molecule has 0 bridgehead atoms. The van der Waals surface area contributed by atoms with Crippen LogP contribution in [-0.2, 0) is 22.7 Å². The first-order valence-corrected chi connectivity index (χ1v) is 10.1. The molecule has 2 amide bonds. The van der Waals surface area contributed by atoms with Crippen molar-refractivity contribution in [1.29, 1.82) is 0 Å². The summed E-state index contributed by atoms with van der Waals surface area (Å²) in [5.41, 5.74) is -0.186. The van der Waals surface area contributed by atoms with Gasteiger partial charge in [-0.3, -0.25) is 23.5 Å². The molecule has 0 aliphatic carbocycles. The van der Waals surface area contributed by atoms with Crippen LogP contribution >= 0.6 is 0 Å². The van der Waals surface area contributed by atoms with Gasteiger partial charge in [0.1, 0.15) is 11.5 Å². The number of amides is 2. The van der Waals surface area contributed by atoms with E-state index in [0.29, 0.717) is 31.6 Å². The van der Waals surface area contributed by atoms with Gasteiger partial charge in [0, 0.05) is 32.0 Å². The van der Waals surface area contributed by atoms with Gasteiger partial charge in [0.05, 0.1) is 5.69 Å². The van der Waals surface area contributed by atoms with Crippen LogP contribution in [0.2, 0.25) is 0 Å². The molecule has 1 aliphatic heterocycles. The number of carbonyl (C=O) groups is 2. The zero-order chi connectivity index (χ0) is 21.7. The first-order chi connectivity index (χ1) is 14.5. The molecule has 9 heteroatoms. The number of carbonyl (C=O) groups excluding carboxylic acids is 2. The number of rotatable bonds is 7. The van der Waals surface area contributed by atoms with E-state index in [0.717, 1.165) is 0 Å². The van der Waals surface area contributed by atoms with E-state index in [1.54, 1.807) is 24.3 Å². The van der Waals surface area contributed by atoms with E-state index in [2.05, 4.69) is 10.4 Å². The van der Waals surface area contributed by atoms with Gasteiger partial charge in [0.25, 0.3) is 11.5 Å². The fourth-order valence-corrected chi connectivity index (χ4v) is 3.26. The fraction of sp³-hybridized carbons (Fsp3) is 0.381. The molecule has 3 rings (SSSR count). The largest absolute Gasteiger partial charge is 0.332 e. The zero-order valence-corrected chi connectivity index (χ0v) is 17.1. The Kier molecular flexibility index (Phi) is 6.61. The lowest BCUT2D eigenvalue weighted by atomic mass is 10.1. The maximum atomic E-state index is 12.8. The summed E-state index contributed by atoms with van der Waals surface area (Å²) in [6, 6.07) is 10.1. The van der Waals surface area contributed by atoms with Crippen LogP contribution in [0.4, 0.5) is 11.5 Å². The van der Waals surface area contributed by atoms with Gasteiger partial charge in [0.15, 0.2) is 0 Å². The molecule has 0 spiro atoms. The lowest BCUT2D eigenvalue weighted by Crippen LogP contribution is -2.42. The summed E-state index contributed by atoms with van der Waals surface area (Å²) in [5.74, 6) is -0.613. The molecule has 0 unspecified atom stereocenters. The number of para-hydroxylation sites is 1. The second-order valence-corrected chi connectivity index (χ2v) is 7.00. The number of nitrogens with one attached hydrogen (secondary N) is 1. The smallest absolute Gasteiger partial charge is 0.307 e. The molecule has 2 aromatic rings. The standard InChI is InChI=1S/C21H25N5O4/c1-3-12-24-17(14-19(28)25(13-4-2)21(24)30)22-20(29)16-10-11-18(27)26(23-16)15-8-6-5-7-9-15/h5-9,14H,3-4,10-13H2,1-2H3,(H,22,29). The van der Waals surface area contributed by atoms with Crippen molar-refractivity contribution in [3.05, 3.63) is 57.2 Å². The molecule has 0 fully saturated rings. The Bertz CT molecular complexity index is 1080. The predicted molar refractivity (Wildman–Crippen MR) is 115 cm³/mol. The third-order valence-electron chi connectivity index (χ3n) is 4.71. The topological polar surface area (TPSA) is 106 Å². The number of aromatic nitrogens is 2. The first-order valence-electron chi connectivity index (χ1n) is 10.1. The molecule has 1 N–H and O–H groups in total. The van der Waals surface area contributed by atoms with Crippen molar-refractivity contribution >= 4 is 29.0 Å². The van der Waals surface area contributed by atoms with Gasteiger partial charge in [-0.1, -0.05) is 32.0 Å². The first kappa shape index (κ1) is 21.2.